The molecule has 0 saturated carbocycles. The summed E-state index contributed by atoms with van der Waals surface area (Å²) in [5.74, 6) is -3.04. The molecule has 2 aliphatic rings. The van der Waals surface area contributed by atoms with Crippen LogP contribution < -0.4 is 20.9 Å². The number of hydrogen-bond donors (Lipinski definition) is 4. The Morgan fingerprint density at radius 3 is 2.93 bits per heavy atom. The summed E-state index contributed by atoms with van der Waals surface area (Å²) in [5.41, 5.74) is 3.55. The molecule has 1 aromatic carbocycles. The summed E-state index contributed by atoms with van der Waals surface area (Å²) in [6, 6.07) is 8.99. The Kier molecular flexibility index (Phi) is 8.01. The standard InChI is InChI=1S/C29H32N8O3S/c1-3-8-28(26(38)39)9-12-31-17-23(28)29(36-27(40)32-4-2)35-11-6-13-37(29)20-14-21(25-22(15-20)34-18-41-25)24-19(16-30)7-5-10-33-24/h5-7,10-11,13-15,18,23,31H,3-4,8-9,12,17H2,1-2H3,(H,38,39)(H2,32,36,40). The molecule has 1 saturated heterocycles. The number of amides is 2. The second-order valence-corrected chi connectivity index (χ2v) is 11.0. The molecule has 1 fully saturated rings. The molecule has 0 bridgehead atoms. The maximum absolute atomic E-state index is 13.2. The number of benzene rings is 1. The van der Waals surface area contributed by atoms with Crippen LogP contribution in [0.3, 0.4) is 0 Å². The molecule has 5 rings (SSSR count). The quantitative estimate of drug-likeness (QED) is 0.315. The molecule has 4 heterocycles. The summed E-state index contributed by atoms with van der Waals surface area (Å²) < 4.78 is 0.862. The van der Waals surface area contributed by atoms with Crippen molar-refractivity contribution in [3.8, 4) is 17.3 Å². The zero-order chi connectivity index (χ0) is 29.0. The predicted molar refractivity (Wildman–Crippen MR) is 159 cm³/mol. The number of piperidine rings is 1. The number of aliphatic imine (C=N–C) groups is 1. The van der Waals surface area contributed by atoms with Crippen molar-refractivity contribution in [3.05, 3.63) is 53.8 Å². The molecule has 11 nitrogen and oxygen atoms in total. The minimum absolute atomic E-state index is 0.324. The molecule has 4 N–H and O–H groups in total. The summed E-state index contributed by atoms with van der Waals surface area (Å²) in [6.07, 6.45) is 8.27. The number of rotatable bonds is 8. The van der Waals surface area contributed by atoms with Gasteiger partial charge in [-0.05, 0) is 56.7 Å². The number of hydrogen-bond acceptors (Lipinski definition) is 9. The second-order valence-electron chi connectivity index (χ2n) is 10.1. The molecule has 2 aromatic heterocycles. The van der Waals surface area contributed by atoms with Crippen LogP contribution >= 0.6 is 11.3 Å². The van der Waals surface area contributed by atoms with Crippen molar-refractivity contribution < 1.29 is 14.7 Å². The van der Waals surface area contributed by atoms with Crippen molar-refractivity contribution in [3.63, 3.8) is 0 Å². The highest BCUT2D eigenvalue weighted by Crippen LogP contribution is 2.48. The van der Waals surface area contributed by atoms with Gasteiger partial charge in [0.25, 0.3) is 0 Å². The number of nitrogens with zero attached hydrogens (tertiary/aromatic N) is 5. The average Bonchev–Trinajstić information content (AvgIpc) is 3.46. The lowest BCUT2D eigenvalue weighted by molar-refractivity contribution is -0.158. The van der Waals surface area contributed by atoms with Gasteiger partial charge in [-0.3, -0.25) is 15.1 Å². The number of carbonyl (C=O) groups is 2. The number of nitriles is 1. The summed E-state index contributed by atoms with van der Waals surface area (Å²) in [7, 11) is 0. The molecule has 3 unspecified atom stereocenters. The number of urea groups is 1. The molecule has 3 atom stereocenters. The van der Waals surface area contributed by atoms with E-state index < -0.39 is 29.1 Å². The molecule has 2 aliphatic heterocycles. The van der Waals surface area contributed by atoms with Gasteiger partial charge in [-0.15, -0.1) is 11.3 Å². The van der Waals surface area contributed by atoms with Gasteiger partial charge in [0, 0.05) is 43.0 Å². The first kappa shape index (κ1) is 28.2. The van der Waals surface area contributed by atoms with Gasteiger partial charge in [-0.25, -0.2) is 14.8 Å². The molecule has 12 heteroatoms. The molecular formula is C29H32N8O3S. The van der Waals surface area contributed by atoms with Crippen molar-refractivity contribution in [1.82, 2.24) is 25.9 Å². The lowest BCUT2D eigenvalue weighted by Crippen LogP contribution is -2.71. The molecule has 41 heavy (non-hydrogen) atoms. The van der Waals surface area contributed by atoms with Crippen LogP contribution in [0, 0.1) is 22.7 Å². The van der Waals surface area contributed by atoms with E-state index in [1.165, 1.54) is 11.3 Å². The van der Waals surface area contributed by atoms with E-state index in [9.17, 15) is 20.0 Å². The summed E-state index contributed by atoms with van der Waals surface area (Å²) in [6.45, 7) is 5.04. The zero-order valence-corrected chi connectivity index (χ0v) is 23.7. The third-order valence-electron chi connectivity index (χ3n) is 7.84. The first-order valence-electron chi connectivity index (χ1n) is 13.6. The van der Waals surface area contributed by atoms with Crippen LogP contribution in [0.4, 0.5) is 10.5 Å². The fourth-order valence-corrected chi connectivity index (χ4v) is 6.88. The number of carboxylic acids is 1. The second kappa shape index (κ2) is 11.6. The Hall–Kier alpha value is -4.34. The van der Waals surface area contributed by atoms with Gasteiger partial charge in [-0.2, -0.15) is 5.26 Å². The van der Waals surface area contributed by atoms with E-state index in [0.29, 0.717) is 66.9 Å². The van der Waals surface area contributed by atoms with Crippen LogP contribution in [-0.4, -0.2) is 58.7 Å². The lowest BCUT2D eigenvalue weighted by Gasteiger charge is -2.54. The van der Waals surface area contributed by atoms with Gasteiger partial charge in [0.15, 0.2) is 0 Å². The predicted octanol–water partition coefficient (Wildman–Crippen LogP) is 4.09. The highest BCUT2D eigenvalue weighted by Gasteiger charge is 2.59. The Morgan fingerprint density at radius 2 is 2.17 bits per heavy atom. The number of aliphatic carboxylic acids is 1. The Bertz CT molecular complexity index is 1560. The number of carbonyl (C=O) groups excluding carboxylic acids is 1. The van der Waals surface area contributed by atoms with E-state index in [4.69, 9.17) is 4.99 Å². The molecule has 0 aliphatic carbocycles. The molecule has 0 spiro atoms. The van der Waals surface area contributed by atoms with Crippen LogP contribution in [0.1, 0.15) is 38.7 Å². The van der Waals surface area contributed by atoms with Gasteiger partial charge < -0.3 is 20.6 Å². The molecule has 2 amide bonds. The number of pyridine rings is 1. The SMILES string of the molecule is CCCC1(C(=O)O)CCNCC1C1(NC(=O)NCC)N=CC=CN1c1cc(-c2ncccc2C#N)c2scnc2c1. The zero-order valence-electron chi connectivity index (χ0n) is 22.9. The van der Waals surface area contributed by atoms with E-state index in [1.807, 2.05) is 30.9 Å². The first-order chi connectivity index (χ1) is 19.9. The monoisotopic (exact) mass is 572 g/mol. The van der Waals surface area contributed by atoms with E-state index >= 15 is 0 Å². The fourth-order valence-electron chi connectivity index (χ4n) is 6.09. The molecular weight excluding hydrogens is 540 g/mol. The van der Waals surface area contributed by atoms with Gasteiger partial charge in [0.2, 0.25) is 5.79 Å². The number of nitrogens with one attached hydrogen (secondary N) is 3. The highest BCUT2D eigenvalue weighted by atomic mass is 32.1. The number of allylic oxidation sites excluding steroid dienone is 1. The third-order valence-corrected chi connectivity index (χ3v) is 8.72. The van der Waals surface area contributed by atoms with Crippen molar-refractivity contribution in [2.24, 2.45) is 16.3 Å². The topological polar surface area (TPSA) is 156 Å². The van der Waals surface area contributed by atoms with Crippen LogP contribution in [0.15, 0.2) is 53.2 Å². The summed E-state index contributed by atoms with van der Waals surface area (Å²) >= 11 is 1.44. The maximum Gasteiger partial charge on any atom is 0.318 e. The number of aromatic nitrogens is 2. The van der Waals surface area contributed by atoms with Crippen molar-refractivity contribution >= 4 is 45.5 Å². The molecule has 212 valence electrons. The van der Waals surface area contributed by atoms with Crippen molar-refractivity contribution in [2.75, 3.05) is 24.5 Å². The van der Waals surface area contributed by atoms with Crippen LogP contribution in [0.5, 0.6) is 0 Å². The van der Waals surface area contributed by atoms with Crippen molar-refractivity contribution in [2.45, 2.75) is 38.9 Å². The van der Waals surface area contributed by atoms with Gasteiger partial charge in [0.1, 0.15) is 6.07 Å². The Labute approximate surface area is 242 Å². The molecule has 0 radical (unpaired) electrons. The van der Waals surface area contributed by atoms with E-state index in [-0.39, 0.29) is 0 Å². The number of fused-ring (bicyclic) bond motifs is 1. The maximum atomic E-state index is 13.2. The third kappa shape index (κ3) is 4.92. The first-order valence-corrected chi connectivity index (χ1v) is 14.5. The minimum Gasteiger partial charge on any atom is -0.481 e. The fraction of sp³-hybridized carbons (Fsp3) is 0.379. The normalized spacial score (nSPS) is 23.7. The average molecular weight is 573 g/mol. The van der Waals surface area contributed by atoms with Crippen LogP contribution in [-0.2, 0) is 4.79 Å². The number of anilines is 1. The van der Waals surface area contributed by atoms with Crippen LogP contribution in [0.2, 0.25) is 0 Å². The summed E-state index contributed by atoms with van der Waals surface area (Å²) in [5, 5.41) is 29.8. The largest absolute Gasteiger partial charge is 0.481 e. The Morgan fingerprint density at radius 1 is 1.32 bits per heavy atom. The van der Waals surface area contributed by atoms with Crippen LogP contribution in [0.25, 0.3) is 21.5 Å². The molecule has 3 aromatic rings. The number of carboxylic acid groups (broad SMARTS) is 1. The Balaban J connectivity index is 1.75. The summed E-state index contributed by atoms with van der Waals surface area (Å²) in [4.78, 5) is 42.1. The lowest BCUT2D eigenvalue weighted by atomic mass is 9.64. The number of thiazole rings is 1. The van der Waals surface area contributed by atoms with Gasteiger partial charge in [0.05, 0.1) is 38.3 Å². The van der Waals surface area contributed by atoms with Gasteiger partial charge >= 0.3 is 12.0 Å². The van der Waals surface area contributed by atoms with E-state index in [0.717, 1.165) is 4.70 Å². The van der Waals surface area contributed by atoms with Gasteiger partial charge in [-0.1, -0.05) is 13.3 Å². The van der Waals surface area contributed by atoms with Crippen molar-refractivity contribution in [1.29, 1.82) is 5.26 Å². The van der Waals surface area contributed by atoms with E-state index in [1.54, 1.807) is 42.3 Å². The minimum atomic E-state index is -1.49. The smallest absolute Gasteiger partial charge is 0.318 e. The van der Waals surface area contributed by atoms with E-state index in [2.05, 4.69) is 32.0 Å². The highest BCUT2D eigenvalue weighted by molar-refractivity contribution is 7.17.